The summed E-state index contributed by atoms with van der Waals surface area (Å²) < 4.78 is 7.23. The van der Waals surface area contributed by atoms with Gasteiger partial charge < -0.3 is 10.1 Å². The van der Waals surface area contributed by atoms with Gasteiger partial charge in [0, 0.05) is 11.9 Å². The molecule has 0 aliphatic carbocycles. The second-order valence-corrected chi connectivity index (χ2v) is 5.90. The van der Waals surface area contributed by atoms with Crippen LogP contribution in [0.25, 0.3) is 10.9 Å². The molecule has 0 bridgehead atoms. The molecule has 0 fully saturated rings. The topological polar surface area (TPSA) is 69.0 Å². The van der Waals surface area contributed by atoms with Crippen molar-refractivity contribution in [2.75, 3.05) is 7.11 Å². The first-order valence-electron chi connectivity index (χ1n) is 8.36. The summed E-state index contributed by atoms with van der Waals surface area (Å²) in [4.78, 5) is 16.9. The number of fused-ring (bicyclic) bond motifs is 1. The van der Waals surface area contributed by atoms with Crippen molar-refractivity contribution < 1.29 is 9.53 Å². The summed E-state index contributed by atoms with van der Waals surface area (Å²) in [6.07, 6.45) is 1.97. The molecule has 0 unspecified atom stereocenters. The number of hydrogen-bond acceptors (Lipinski definition) is 4. The highest BCUT2D eigenvalue weighted by atomic mass is 16.5. The Morgan fingerprint density at radius 2 is 2.08 bits per heavy atom. The molecule has 3 aromatic rings. The Labute approximate surface area is 146 Å². The number of carbonyl (C=O) groups is 1. The molecule has 6 nitrogen and oxygen atoms in total. The number of amides is 1. The van der Waals surface area contributed by atoms with E-state index in [1.165, 1.54) is 0 Å². The quantitative estimate of drug-likeness (QED) is 0.750. The largest absolute Gasteiger partial charge is 0.479 e. The molecule has 0 saturated carbocycles. The summed E-state index contributed by atoms with van der Waals surface area (Å²) in [7, 11) is 1.58. The van der Waals surface area contributed by atoms with E-state index in [1.54, 1.807) is 13.3 Å². The minimum Gasteiger partial charge on any atom is -0.479 e. The van der Waals surface area contributed by atoms with Crippen LogP contribution in [0.2, 0.25) is 0 Å². The van der Waals surface area contributed by atoms with Gasteiger partial charge in [0.2, 0.25) is 11.8 Å². The molecule has 2 aromatic heterocycles. The third-order valence-electron chi connectivity index (χ3n) is 4.15. The van der Waals surface area contributed by atoms with E-state index in [0.29, 0.717) is 11.6 Å². The van der Waals surface area contributed by atoms with Crippen molar-refractivity contribution in [3.63, 3.8) is 0 Å². The average molecular weight is 338 g/mol. The number of aryl methyl sites for hydroxylation is 1. The minimum absolute atomic E-state index is 0.0535. The SMILES string of the molecule is CCn1ncc2cc(CC(=O)N[C@H](C)c3ccccc3)nc(OC)c21. The highest BCUT2D eigenvalue weighted by Gasteiger charge is 2.15. The molecule has 0 saturated heterocycles. The Kier molecular flexibility index (Phi) is 4.97. The lowest BCUT2D eigenvalue weighted by Crippen LogP contribution is -2.28. The first-order valence-corrected chi connectivity index (χ1v) is 8.36. The van der Waals surface area contributed by atoms with Gasteiger partial charge in [0.25, 0.3) is 0 Å². The molecule has 2 heterocycles. The average Bonchev–Trinajstić information content (AvgIpc) is 3.04. The number of nitrogens with one attached hydrogen (secondary N) is 1. The van der Waals surface area contributed by atoms with Crippen molar-refractivity contribution in [3.05, 3.63) is 53.9 Å². The van der Waals surface area contributed by atoms with E-state index in [2.05, 4.69) is 15.4 Å². The van der Waals surface area contributed by atoms with Crippen LogP contribution in [0, 0.1) is 0 Å². The van der Waals surface area contributed by atoms with Gasteiger partial charge in [0.1, 0.15) is 5.52 Å². The summed E-state index contributed by atoms with van der Waals surface area (Å²) in [5.74, 6) is 0.420. The first-order chi connectivity index (χ1) is 12.1. The maximum Gasteiger partial charge on any atom is 0.240 e. The highest BCUT2D eigenvalue weighted by Crippen LogP contribution is 2.24. The van der Waals surface area contributed by atoms with E-state index < -0.39 is 0 Å². The summed E-state index contributed by atoms with van der Waals surface area (Å²) in [6.45, 7) is 4.71. The van der Waals surface area contributed by atoms with Gasteiger partial charge in [-0.05, 0) is 25.5 Å². The second kappa shape index (κ2) is 7.34. The third kappa shape index (κ3) is 3.63. The van der Waals surface area contributed by atoms with Crippen molar-refractivity contribution in [2.24, 2.45) is 0 Å². The Balaban J connectivity index is 1.77. The smallest absolute Gasteiger partial charge is 0.240 e. The lowest BCUT2D eigenvalue weighted by Gasteiger charge is -2.14. The molecule has 0 aliphatic rings. The van der Waals surface area contributed by atoms with Gasteiger partial charge in [-0.25, -0.2) is 4.98 Å². The minimum atomic E-state index is -0.0758. The van der Waals surface area contributed by atoms with Crippen molar-refractivity contribution in [1.82, 2.24) is 20.1 Å². The van der Waals surface area contributed by atoms with Gasteiger partial charge in [-0.2, -0.15) is 5.10 Å². The number of carbonyl (C=O) groups excluding carboxylic acids is 1. The number of nitrogens with zero attached hydrogens (tertiary/aromatic N) is 3. The zero-order valence-corrected chi connectivity index (χ0v) is 14.7. The number of ether oxygens (including phenoxy) is 1. The predicted octanol–water partition coefficient (Wildman–Crippen LogP) is 2.88. The molecule has 0 spiro atoms. The fourth-order valence-electron chi connectivity index (χ4n) is 2.89. The van der Waals surface area contributed by atoms with Crippen molar-refractivity contribution in [2.45, 2.75) is 32.9 Å². The molecule has 1 aromatic carbocycles. The molecule has 130 valence electrons. The van der Waals surface area contributed by atoms with E-state index in [-0.39, 0.29) is 18.4 Å². The monoisotopic (exact) mass is 338 g/mol. The lowest BCUT2D eigenvalue weighted by atomic mass is 10.1. The van der Waals surface area contributed by atoms with Crippen LogP contribution in [0.4, 0.5) is 0 Å². The van der Waals surface area contributed by atoms with Crippen LogP contribution in [0.5, 0.6) is 5.88 Å². The third-order valence-corrected chi connectivity index (χ3v) is 4.15. The molecule has 0 aliphatic heterocycles. The number of aromatic nitrogens is 3. The predicted molar refractivity (Wildman–Crippen MR) is 96.5 cm³/mol. The Morgan fingerprint density at radius 1 is 1.32 bits per heavy atom. The molecule has 25 heavy (non-hydrogen) atoms. The van der Waals surface area contributed by atoms with Gasteiger partial charge >= 0.3 is 0 Å². The van der Waals surface area contributed by atoms with Crippen LogP contribution in [0.15, 0.2) is 42.6 Å². The van der Waals surface area contributed by atoms with Gasteiger partial charge in [0.15, 0.2) is 0 Å². The maximum absolute atomic E-state index is 12.4. The fraction of sp³-hybridized carbons (Fsp3) is 0.316. The summed E-state index contributed by atoms with van der Waals surface area (Å²) >= 11 is 0. The second-order valence-electron chi connectivity index (χ2n) is 5.90. The Bertz CT molecular complexity index is 874. The lowest BCUT2D eigenvalue weighted by molar-refractivity contribution is -0.121. The summed E-state index contributed by atoms with van der Waals surface area (Å²) in [6, 6.07) is 11.7. The first kappa shape index (κ1) is 17.0. The van der Waals surface area contributed by atoms with Gasteiger partial charge in [-0.1, -0.05) is 30.3 Å². The fourth-order valence-corrected chi connectivity index (χ4v) is 2.89. The van der Waals surface area contributed by atoms with Crippen LogP contribution >= 0.6 is 0 Å². The number of methoxy groups -OCH3 is 1. The molecule has 0 radical (unpaired) electrons. The van der Waals surface area contributed by atoms with Crippen molar-refractivity contribution in [1.29, 1.82) is 0 Å². The van der Waals surface area contributed by atoms with Crippen molar-refractivity contribution >= 4 is 16.8 Å². The zero-order valence-electron chi connectivity index (χ0n) is 14.7. The van der Waals surface area contributed by atoms with E-state index in [1.807, 2.05) is 54.9 Å². The summed E-state index contributed by atoms with van der Waals surface area (Å²) in [5, 5.41) is 8.26. The highest BCUT2D eigenvalue weighted by molar-refractivity contribution is 5.85. The summed E-state index contributed by atoms with van der Waals surface area (Å²) in [5.41, 5.74) is 2.59. The van der Waals surface area contributed by atoms with E-state index in [4.69, 9.17) is 4.74 Å². The van der Waals surface area contributed by atoms with E-state index in [9.17, 15) is 4.79 Å². The molecule has 3 rings (SSSR count). The van der Waals surface area contributed by atoms with Crippen LogP contribution in [-0.2, 0) is 17.8 Å². The van der Waals surface area contributed by atoms with E-state index >= 15 is 0 Å². The molecule has 1 atom stereocenters. The van der Waals surface area contributed by atoms with Crippen LogP contribution in [0.3, 0.4) is 0 Å². The van der Waals surface area contributed by atoms with E-state index in [0.717, 1.165) is 23.0 Å². The van der Waals surface area contributed by atoms with Gasteiger partial charge in [0.05, 0.1) is 31.5 Å². The van der Waals surface area contributed by atoms with Gasteiger partial charge in [-0.15, -0.1) is 0 Å². The maximum atomic E-state index is 12.4. The number of rotatable bonds is 6. The number of pyridine rings is 1. The van der Waals surface area contributed by atoms with Crippen LogP contribution < -0.4 is 10.1 Å². The van der Waals surface area contributed by atoms with Crippen LogP contribution in [-0.4, -0.2) is 27.8 Å². The molecule has 6 heteroatoms. The zero-order chi connectivity index (χ0) is 17.8. The standard InChI is InChI=1S/C19H22N4O2/c1-4-23-18-15(12-20-23)10-16(22-19(18)25-3)11-17(24)21-13(2)14-8-6-5-7-9-14/h5-10,12-13H,4,11H2,1-3H3,(H,21,24)/t13-/m1/s1. The number of benzene rings is 1. The normalized spacial score (nSPS) is 12.1. The van der Waals surface area contributed by atoms with Gasteiger partial charge in [-0.3, -0.25) is 9.48 Å². The molecule has 1 amide bonds. The molecule has 1 N–H and O–H groups in total. The Hall–Kier alpha value is -2.89. The van der Waals surface area contributed by atoms with Crippen LogP contribution in [0.1, 0.15) is 31.1 Å². The Morgan fingerprint density at radius 3 is 2.76 bits per heavy atom. The molecular formula is C19H22N4O2. The number of hydrogen-bond donors (Lipinski definition) is 1. The van der Waals surface area contributed by atoms with Crippen molar-refractivity contribution in [3.8, 4) is 5.88 Å². The molecular weight excluding hydrogens is 316 g/mol.